The number of rotatable bonds is 0. The molecule has 80 valence electrons. The molecule has 6 heteroatoms. The van der Waals surface area contributed by atoms with Gasteiger partial charge in [-0.15, -0.1) is 0 Å². The fourth-order valence-electron chi connectivity index (χ4n) is 1.62. The van der Waals surface area contributed by atoms with Gasteiger partial charge in [-0.25, -0.2) is 9.97 Å². The molecule has 0 fully saturated rings. The standard InChI is InChI=1S/C10H7ClN4S/c1-15-9-8(14-10(15)16)12-7-4-5(11)2-3-6(7)13-9/h2-4H,1H3,(H,12,14,16). The molecule has 0 aliphatic heterocycles. The minimum atomic E-state index is 0.608. The van der Waals surface area contributed by atoms with Crippen LogP contribution in [0.1, 0.15) is 0 Å². The molecule has 0 saturated heterocycles. The van der Waals surface area contributed by atoms with Gasteiger partial charge in [0.1, 0.15) is 0 Å². The summed E-state index contributed by atoms with van der Waals surface area (Å²) >= 11 is 11.0. The van der Waals surface area contributed by atoms with Crippen molar-refractivity contribution in [1.82, 2.24) is 19.5 Å². The molecule has 0 unspecified atom stereocenters. The Labute approximate surface area is 101 Å². The normalized spacial score (nSPS) is 11.4. The minimum absolute atomic E-state index is 0.608. The monoisotopic (exact) mass is 250 g/mol. The van der Waals surface area contributed by atoms with E-state index < -0.39 is 0 Å². The molecular formula is C10H7ClN4S. The number of aryl methyl sites for hydroxylation is 1. The highest BCUT2D eigenvalue weighted by atomic mass is 35.5. The van der Waals surface area contributed by atoms with Crippen molar-refractivity contribution in [2.75, 3.05) is 0 Å². The third-order valence-electron chi connectivity index (χ3n) is 2.46. The Morgan fingerprint density at radius 2 is 2.12 bits per heavy atom. The Balaban J connectivity index is 2.53. The van der Waals surface area contributed by atoms with Crippen molar-refractivity contribution >= 4 is 46.1 Å². The van der Waals surface area contributed by atoms with E-state index in [-0.39, 0.29) is 0 Å². The summed E-state index contributed by atoms with van der Waals surface area (Å²) in [6, 6.07) is 5.43. The van der Waals surface area contributed by atoms with Crippen LogP contribution in [0.5, 0.6) is 0 Å². The molecule has 0 radical (unpaired) electrons. The fourth-order valence-corrected chi connectivity index (χ4v) is 1.97. The molecule has 4 nitrogen and oxygen atoms in total. The molecule has 2 aromatic heterocycles. The van der Waals surface area contributed by atoms with Crippen LogP contribution in [-0.2, 0) is 7.05 Å². The second-order valence-corrected chi connectivity index (χ2v) is 4.34. The first-order chi connectivity index (χ1) is 7.65. The number of hydrogen-bond donors (Lipinski definition) is 1. The van der Waals surface area contributed by atoms with E-state index in [1.54, 1.807) is 16.7 Å². The van der Waals surface area contributed by atoms with E-state index in [4.69, 9.17) is 23.8 Å². The Hall–Kier alpha value is -1.46. The molecule has 1 aromatic carbocycles. The summed E-state index contributed by atoms with van der Waals surface area (Å²) in [6.45, 7) is 0. The van der Waals surface area contributed by atoms with E-state index in [9.17, 15) is 0 Å². The summed E-state index contributed by atoms with van der Waals surface area (Å²) in [7, 11) is 1.86. The zero-order valence-electron chi connectivity index (χ0n) is 8.36. The molecule has 16 heavy (non-hydrogen) atoms. The number of fused-ring (bicyclic) bond motifs is 2. The van der Waals surface area contributed by atoms with Crippen LogP contribution in [0.25, 0.3) is 22.3 Å². The number of benzene rings is 1. The van der Waals surface area contributed by atoms with Crippen molar-refractivity contribution < 1.29 is 0 Å². The summed E-state index contributed by atoms with van der Waals surface area (Å²) in [5, 5.41) is 0.649. The average Bonchev–Trinajstić information content (AvgIpc) is 2.52. The van der Waals surface area contributed by atoms with Crippen molar-refractivity contribution in [2.24, 2.45) is 7.05 Å². The van der Waals surface area contributed by atoms with Gasteiger partial charge >= 0.3 is 0 Å². The van der Waals surface area contributed by atoms with E-state index in [2.05, 4.69) is 15.0 Å². The van der Waals surface area contributed by atoms with Crippen LogP contribution in [0.4, 0.5) is 0 Å². The van der Waals surface area contributed by atoms with Gasteiger partial charge < -0.3 is 9.55 Å². The first-order valence-corrected chi connectivity index (χ1v) is 5.46. The number of imidazole rings is 1. The lowest BCUT2D eigenvalue weighted by atomic mass is 10.3. The number of halogens is 1. The second-order valence-electron chi connectivity index (χ2n) is 3.52. The van der Waals surface area contributed by atoms with Crippen molar-refractivity contribution in [3.63, 3.8) is 0 Å². The van der Waals surface area contributed by atoms with Crippen molar-refractivity contribution in [3.05, 3.63) is 28.0 Å². The topological polar surface area (TPSA) is 46.5 Å². The second kappa shape index (κ2) is 3.26. The number of H-pyrrole nitrogens is 1. The lowest BCUT2D eigenvalue weighted by Gasteiger charge is -1.98. The molecule has 0 aliphatic carbocycles. The molecule has 0 bridgehead atoms. The predicted molar refractivity (Wildman–Crippen MR) is 66.2 cm³/mol. The van der Waals surface area contributed by atoms with Gasteiger partial charge in [0, 0.05) is 12.1 Å². The molecule has 0 spiro atoms. The SMILES string of the molecule is Cn1c(=S)[nH]c2nc3cc(Cl)ccc3nc21. The average molecular weight is 251 g/mol. The zero-order valence-corrected chi connectivity index (χ0v) is 9.93. The number of nitrogens with one attached hydrogen (secondary N) is 1. The van der Waals surface area contributed by atoms with E-state index in [0.29, 0.717) is 15.4 Å². The van der Waals surface area contributed by atoms with Gasteiger partial charge in [-0.05, 0) is 30.4 Å². The van der Waals surface area contributed by atoms with Gasteiger partial charge in [0.25, 0.3) is 0 Å². The first kappa shape index (κ1) is 9.74. The number of hydrogen-bond acceptors (Lipinski definition) is 3. The Morgan fingerprint density at radius 1 is 1.31 bits per heavy atom. The molecule has 0 saturated carbocycles. The van der Waals surface area contributed by atoms with Crippen LogP contribution in [0.15, 0.2) is 18.2 Å². The predicted octanol–water partition coefficient (Wildman–Crippen LogP) is 2.83. The van der Waals surface area contributed by atoms with Gasteiger partial charge in [0.05, 0.1) is 11.0 Å². The molecule has 1 N–H and O–H groups in total. The van der Waals surface area contributed by atoms with E-state index >= 15 is 0 Å². The zero-order chi connectivity index (χ0) is 11.3. The highest BCUT2D eigenvalue weighted by Crippen LogP contribution is 2.18. The third kappa shape index (κ3) is 1.32. The van der Waals surface area contributed by atoms with E-state index in [1.807, 2.05) is 13.1 Å². The van der Waals surface area contributed by atoms with Crippen molar-refractivity contribution in [2.45, 2.75) is 0 Å². The Kier molecular flexibility index (Phi) is 1.99. The summed E-state index contributed by atoms with van der Waals surface area (Å²) < 4.78 is 2.41. The van der Waals surface area contributed by atoms with Crippen LogP contribution >= 0.6 is 23.8 Å². The first-order valence-electron chi connectivity index (χ1n) is 4.67. The summed E-state index contributed by atoms with van der Waals surface area (Å²) in [4.78, 5) is 11.9. The quantitative estimate of drug-likeness (QED) is 0.624. The maximum Gasteiger partial charge on any atom is 0.180 e. The van der Waals surface area contributed by atoms with Crippen LogP contribution in [0, 0.1) is 4.77 Å². The van der Waals surface area contributed by atoms with Crippen LogP contribution in [0.2, 0.25) is 5.02 Å². The van der Waals surface area contributed by atoms with Gasteiger partial charge in [-0.3, -0.25) is 0 Å². The maximum atomic E-state index is 5.90. The number of aromatic nitrogens is 4. The molecule has 0 atom stereocenters. The third-order valence-corrected chi connectivity index (χ3v) is 3.07. The van der Waals surface area contributed by atoms with E-state index in [1.165, 1.54) is 0 Å². The molecule has 2 heterocycles. The highest BCUT2D eigenvalue weighted by molar-refractivity contribution is 7.71. The number of aromatic amines is 1. The van der Waals surface area contributed by atoms with Crippen molar-refractivity contribution in [1.29, 1.82) is 0 Å². The van der Waals surface area contributed by atoms with Gasteiger partial charge in [-0.2, -0.15) is 0 Å². The van der Waals surface area contributed by atoms with Crippen LogP contribution in [-0.4, -0.2) is 19.5 Å². The maximum absolute atomic E-state index is 5.90. The molecular weight excluding hydrogens is 244 g/mol. The van der Waals surface area contributed by atoms with Crippen LogP contribution < -0.4 is 0 Å². The summed E-state index contributed by atoms with van der Waals surface area (Å²) in [6.07, 6.45) is 0. The summed E-state index contributed by atoms with van der Waals surface area (Å²) in [5.74, 6) is 0. The van der Waals surface area contributed by atoms with Crippen LogP contribution in [0.3, 0.4) is 0 Å². The lowest BCUT2D eigenvalue weighted by molar-refractivity contribution is 0.914. The molecule has 3 rings (SSSR count). The molecule has 0 amide bonds. The molecule has 3 aromatic rings. The number of nitrogens with zero attached hydrogens (tertiary/aromatic N) is 3. The fraction of sp³-hybridized carbons (Fsp3) is 0.100. The van der Waals surface area contributed by atoms with Gasteiger partial charge in [0.2, 0.25) is 0 Å². The lowest BCUT2D eigenvalue weighted by Crippen LogP contribution is -1.91. The minimum Gasteiger partial charge on any atom is -0.314 e. The summed E-state index contributed by atoms with van der Waals surface area (Å²) in [5.41, 5.74) is 3.00. The Morgan fingerprint density at radius 3 is 2.94 bits per heavy atom. The van der Waals surface area contributed by atoms with Crippen molar-refractivity contribution in [3.8, 4) is 0 Å². The van der Waals surface area contributed by atoms with Gasteiger partial charge in [0.15, 0.2) is 16.1 Å². The molecule has 0 aliphatic rings. The Bertz CT molecular complexity index is 758. The highest BCUT2D eigenvalue weighted by Gasteiger charge is 2.06. The van der Waals surface area contributed by atoms with E-state index in [0.717, 1.165) is 16.7 Å². The smallest absolute Gasteiger partial charge is 0.180 e. The largest absolute Gasteiger partial charge is 0.314 e. The van der Waals surface area contributed by atoms with Gasteiger partial charge in [-0.1, -0.05) is 11.6 Å².